The van der Waals surface area contributed by atoms with E-state index in [1.54, 1.807) is 24.5 Å². The lowest BCUT2D eigenvalue weighted by atomic mass is 9.48. The lowest BCUT2D eigenvalue weighted by Gasteiger charge is -2.58. The second kappa shape index (κ2) is 32.8. The third-order valence-electron chi connectivity index (χ3n) is 28.1. The topological polar surface area (TPSA) is 344 Å². The predicted octanol–water partition coefficient (Wildman–Crippen LogP) is 11.1. The minimum atomic E-state index is -0.631. The summed E-state index contributed by atoms with van der Waals surface area (Å²) in [5.41, 5.74) is 16.1. The van der Waals surface area contributed by atoms with E-state index in [2.05, 4.69) is 42.9 Å². The van der Waals surface area contributed by atoms with Gasteiger partial charge in [-0.1, -0.05) is 6.07 Å². The van der Waals surface area contributed by atoms with Crippen molar-refractivity contribution in [2.24, 2.45) is 92.6 Å². The third-order valence-corrected chi connectivity index (χ3v) is 28.1. The number of likely N-dealkylation sites (tertiary alicyclic amines) is 3. The number of carbonyl (C=O) groups is 9. The van der Waals surface area contributed by atoms with Crippen LogP contribution in [0.5, 0.6) is 0 Å². The highest BCUT2D eigenvalue weighted by molar-refractivity contribution is 5.83. The van der Waals surface area contributed by atoms with E-state index < -0.39 is 39.1 Å². The molecule has 1 aromatic heterocycles. The van der Waals surface area contributed by atoms with Crippen LogP contribution in [0.3, 0.4) is 0 Å². The molecule has 18 rings (SSSR count). The molecule has 12 saturated carbocycles. The number of aromatic nitrogens is 1. The summed E-state index contributed by atoms with van der Waals surface area (Å²) in [7, 11) is 0. The second-order valence-corrected chi connectivity index (χ2v) is 41.9. The van der Waals surface area contributed by atoms with Crippen LogP contribution in [0.2, 0.25) is 0 Å². The summed E-state index contributed by atoms with van der Waals surface area (Å²) < 4.78 is 41.2. The third kappa shape index (κ3) is 19.6. The maximum atomic E-state index is 13.5. The summed E-state index contributed by atoms with van der Waals surface area (Å²) in [4.78, 5) is 134. The van der Waals surface area contributed by atoms with Gasteiger partial charge in [-0.3, -0.25) is 29.2 Å². The Kier molecular flexibility index (Phi) is 24.4. The van der Waals surface area contributed by atoms with Gasteiger partial charge in [0.25, 0.3) is 0 Å². The van der Waals surface area contributed by atoms with E-state index >= 15 is 0 Å². The molecule has 12 aliphatic carbocycles. The molecule has 17 fully saturated rings. The largest absolute Gasteiger partial charge is 0.446 e. The van der Waals surface area contributed by atoms with Crippen molar-refractivity contribution in [1.29, 1.82) is 0 Å². The van der Waals surface area contributed by atoms with Crippen LogP contribution >= 0.6 is 0 Å². The molecular weight excluding hydrogens is 1460 g/mol. The quantitative estimate of drug-likeness (QED) is 0.112. The number of primary amides is 3. The molecule has 6 unspecified atom stereocenters. The van der Waals surface area contributed by atoms with Gasteiger partial charge in [-0.25, -0.2) is 28.8 Å². The molecule has 9 amide bonds. The van der Waals surface area contributed by atoms with Gasteiger partial charge >= 0.3 is 36.6 Å². The van der Waals surface area contributed by atoms with Crippen molar-refractivity contribution in [2.45, 2.75) is 296 Å². The van der Waals surface area contributed by atoms with Crippen LogP contribution in [0.25, 0.3) is 0 Å². The van der Waals surface area contributed by atoms with Crippen molar-refractivity contribution in [3.8, 4) is 0 Å². The van der Waals surface area contributed by atoms with E-state index in [4.69, 9.17) is 50.4 Å². The predicted molar refractivity (Wildman–Crippen MR) is 424 cm³/mol. The molecule has 0 radical (unpaired) electrons. The number of carbonyl (C=O) groups excluding carboxylic acids is 9. The number of pyridine rings is 1. The summed E-state index contributed by atoms with van der Waals surface area (Å²) >= 11 is 0. The van der Waals surface area contributed by atoms with Gasteiger partial charge < -0.3 is 80.2 Å². The van der Waals surface area contributed by atoms with Crippen LogP contribution in [0.15, 0.2) is 18.2 Å². The Morgan fingerprint density at radius 3 is 1.18 bits per heavy atom. The summed E-state index contributed by atoms with van der Waals surface area (Å²) in [6.07, 6.45) is 14.7. The molecule has 9 atom stereocenters. The first-order valence-electron chi connectivity index (χ1n) is 43.2. The monoisotopic (exact) mass is 1590 g/mol. The van der Waals surface area contributed by atoms with Crippen molar-refractivity contribution in [3.05, 3.63) is 29.6 Å². The Morgan fingerprint density at radius 2 is 0.825 bits per heavy atom. The molecule has 7 N–H and O–H groups in total. The van der Waals surface area contributed by atoms with Crippen molar-refractivity contribution in [1.82, 2.24) is 44.6 Å². The maximum Gasteiger partial charge on any atom is 0.410 e. The fraction of sp³-hybridized carbons (Fsp3) is 0.837. The first kappa shape index (κ1) is 85.0. The molecule has 17 aliphatic rings. The highest BCUT2D eigenvalue weighted by atomic mass is 16.6. The summed E-state index contributed by atoms with van der Waals surface area (Å²) in [5.74, 6) is 2.58. The van der Waals surface area contributed by atoms with E-state index in [1.807, 2.05) is 92.3 Å². The maximum absolute atomic E-state index is 13.5. The molecule has 1 aromatic rings. The minimum absolute atomic E-state index is 0.0245. The van der Waals surface area contributed by atoms with Gasteiger partial charge in [-0.15, -0.1) is 0 Å². The van der Waals surface area contributed by atoms with Crippen molar-refractivity contribution >= 4 is 54.3 Å². The Balaban J connectivity index is 0.000000149. The average molecular weight is 1590 g/mol. The molecule has 636 valence electrons. The average Bonchev–Trinajstić information content (AvgIpc) is 0.886. The second-order valence-electron chi connectivity index (χ2n) is 41.9. The zero-order valence-electron chi connectivity index (χ0n) is 70.9. The van der Waals surface area contributed by atoms with Gasteiger partial charge in [0, 0.05) is 88.8 Å². The number of amides is 9. The Hall–Kier alpha value is -6.94. The highest BCUT2D eigenvalue weighted by Gasteiger charge is 2.63. The summed E-state index contributed by atoms with van der Waals surface area (Å²) in [5, 5.41) is 3.73. The number of nitrogens with two attached hydrogens (primary N) is 3. The van der Waals surface area contributed by atoms with E-state index in [-0.39, 0.29) is 131 Å². The molecule has 0 aromatic carbocycles. The first-order valence-corrected chi connectivity index (χ1v) is 43.2. The molecular formula is C86H136N12O16. The molecule has 6 heterocycles. The molecule has 5 aliphatic heterocycles. The van der Waals surface area contributed by atoms with Crippen LogP contribution in [0.1, 0.15) is 230 Å². The van der Waals surface area contributed by atoms with Crippen LogP contribution in [0, 0.1) is 82.3 Å². The number of aryl methyl sites for hydroxylation is 1. The van der Waals surface area contributed by atoms with E-state index in [0.29, 0.717) is 115 Å². The Bertz CT molecular complexity index is 3650. The minimum Gasteiger partial charge on any atom is -0.446 e. The summed E-state index contributed by atoms with van der Waals surface area (Å²) in [6.45, 7) is 35.9. The standard InChI is InChI=1S/C31H52N4O5.C28H40N4O5.C27H44N4O6/c1-28(2,3)40-27(38)35(17-20-12-29(4,5)33-30(6,7)13-20)23-8-9-34(18-23)26(37)39-24-21-10-19-11-22(24)16-31(14-19,15-21)25(32)36;1-17-6-5-7-21(30-17)15-32(26(35)37-27(2,3)4)22-8-9-31(16-22)25(34)36-23-19-10-18-11-20(23)14-28(12-18,13-19)24(29)33;1-26(2,3)37-25(34)31(7-6-29-8-10-35-11-9-29)21-4-5-30(17-21)24(33)36-22-19-12-18-13-20(22)16-27(14-18,15-19)23(28)32/h19-24,33H,8-18H2,1-7H3,(H2,32,36);5-7,18-20,22-23H,8-16H2,1-4H3,(H2,29,33);18-22H,4-17H2,1-3H3,(H2,28,32)/t19?,21?,22?,23-,24?,31?;18?,19?,20?,22-,23?,28?;18?,19?,20?,21-,22?,27?/m111/s1. The molecule has 28 heteroatoms. The number of morpholine rings is 1. The number of nitrogens with one attached hydrogen (secondary N) is 1. The molecule has 114 heavy (non-hydrogen) atoms. The molecule has 12 bridgehead atoms. The number of nitrogens with zero attached hydrogens (tertiary/aromatic N) is 8. The molecule has 0 spiro atoms. The summed E-state index contributed by atoms with van der Waals surface area (Å²) in [6, 6.07) is 5.33. The van der Waals surface area contributed by atoms with Gasteiger partial charge in [-0.2, -0.15) is 0 Å². The number of hydrogen-bond acceptors (Lipinski definition) is 19. The van der Waals surface area contributed by atoms with Gasteiger partial charge in [0.05, 0.1) is 59.8 Å². The number of ether oxygens (including phenoxy) is 7. The van der Waals surface area contributed by atoms with E-state index in [9.17, 15) is 43.2 Å². The lowest BCUT2D eigenvalue weighted by Crippen LogP contribution is -2.60. The van der Waals surface area contributed by atoms with Crippen LogP contribution in [-0.4, -0.2) is 243 Å². The SMILES string of the molecule is CC(C)(C)OC(=O)N(CCN1CCOCC1)[C@@H]1CCN(C(=O)OC2C3CC4CC2CC(C(N)=O)(C4)C3)C1.CC1(C)CC(CN(C(=O)OC(C)(C)C)[C@@H]2CCN(C(=O)OC3C4CC5CC3CC(C(N)=O)(C5)C4)C2)CC(C)(C)N1.Cc1cccc(CN(C(=O)OC(C)(C)C)[C@@H]2CCN(C(=O)OC3C4CC5CC3CC(C(N)=O)(C5)C4)C2)n1. The zero-order chi connectivity index (χ0) is 82.2. The van der Waals surface area contributed by atoms with Crippen LogP contribution in [0.4, 0.5) is 28.8 Å². The highest BCUT2D eigenvalue weighted by Crippen LogP contribution is 2.64. The van der Waals surface area contributed by atoms with Gasteiger partial charge in [-0.05, 0) is 297 Å². The fourth-order valence-electron chi connectivity index (χ4n) is 24.5. The Labute approximate surface area is 675 Å². The fourth-order valence-corrected chi connectivity index (χ4v) is 24.5. The van der Waals surface area contributed by atoms with Crippen molar-refractivity contribution < 1.29 is 76.3 Å². The van der Waals surface area contributed by atoms with Crippen LogP contribution in [-0.2, 0) is 54.1 Å². The normalized spacial score (nSPS) is 34.8. The number of rotatable bonds is 16. The van der Waals surface area contributed by atoms with E-state index in [1.165, 1.54) is 0 Å². The molecule has 5 saturated heterocycles. The van der Waals surface area contributed by atoms with E-state index in [0.717, 1.165) is 140 Å². The first-order chi connectivity index (χ1) is 53.4. The lowest BCUT2D eigenvalue weighted by molar-refractivity contribution is -0.162. The Morgan fingerprint density at radius 1 is 0.482 bits per heavy atom. The zero-order valence-corrected chi connectivity index (χ0v) is 70.9. The number of hydrogen-bond donors (Lipinski definition) is 4. The van der Waals surface area contributed by atoms with Crippen LogP contribution < -0.4 is 22.5 Å². The van der Waals surface area contributed by atoms with Gasteiger partial charge in [0.15, 0.2) is 0 Å². The van der Waals surface area contributed by atoms with Gasteiger partial charge in [0.1, 0.15) is 35.1 Å². The van der Waals surface area contributed by atoms with Crippen molar-refractivity contribution in [3.63, 3.8) is 0 Å². The number of piperidine rings is 1. The van der Waals surface area contributed by atoms with Crippen molar-refractivity contribution in [2.75, 3.05) is 85.2 Å². The smallest absolute Gasteiger partial charge is 0.410 e. The molecule has 28 nitrogen and oxygen atoms in total. The van der Waals surface area contributed by atoms with Gasteiger partial charge in [0.2, 0.25) is 17.7 Å².